The van der Waals surface area contributed by atoms with Crippen LogP contribution in [0, 0.1) is 5.92 Å². The van der Waals surface area contributed by atoms with Gasteiger partial charge in [-0.15, -0.1) is 0 Å². The molecule has 0 aliphatic heterocycles. The van der Waals surface area contributed by atoms with Crippen LogP contribution >= 0.6 is 0 Å². The largest absolute Gasteiger partial charge is 0.0791 e. The predicted octanol–water partition coefficient (Wildman–Crippen LogP) is 6.91. The number of aryl methyl sites for hydroxylation is 2. The van der Waals surface area contributed by atoms with Gasteiger partial charge in [0.15, 0.2) is 0 Å². The zero-order valence-corrected chi connectivity index (χ0v) is 18.0. The molecule has 0 amide bonds. The number of rotatable bonds is 3. The summed E-state index contributed by atoms with van der Waals surface area (Å²) >= 11 is 0. The van der Waals surface area contributed by atoms with Gasteiger partial charge >= 0.3 is 0 Å². The second-order valence-electron chi connectivity index (χ2n) is 9.60. The van der Waals surface area contributed by atoms with Crippen molar-refractivity contribution in [3.8, 4) is 0 Å². The van der Waals surface area contributed by atoms with E-state index in [1.165, 1.54) is 30.4 Å². The molecule has 0 fully saturated rings. The van der Waals surface area contributed by atoms with Crippen molar-refractivity contribution in [2.24, 2.45) is 5.92 Å². The van der Waals surface area contributed by atoms with Gasteiger partial charge in [-0.05, 0) is 75.2 Å². The lowest BCUT2D eigenvalue weighted by Crippen LogP contribution is -2.40. The Labute approximate surface area is 165 Å². The van der Waals surface area contributed by atoms with Crippen LogP contribution in [0.2, 0.25) is 13.1 Å². The van der Waals surface area contributed by atoms with Crippen molar-refractivity contribution in [1.82, 2.24) is 0 Å². The molecule has 0 heterocycles. The van der Waals surface area contributed by atoms with Gasteiger partial charge in [0.25, 0.3) is 0 Å². The Bertz CT molecular complexity index is 974. The van der Waals surface area contributed by atoms with Crippen molar-refractivity contribution in [2.75, 3.05) is 0 Å². The molecule has 2 atom stereocenters. The van der Waals surface area contributed by atoms with Gasteiger partial charge in [0.1, 0.15) is 0 Å². The fourth-order valence-electron chi connectivity index (χ4n) is 5.73. The monoisotopic (exact) mass is 370 g/mol. The summed E-state index contributed by atoms with van der Waals surface area (Å²) in [6, 6.07) is 14.3. The smallest absolute Gasteiger partial charge is 0.0715 e. The van der Waals surface area contributed by atoms with Crippen LogP contribution in [0.5, 0.6) is 0 Å². The first-order valence-corrected chi connectivity index (χ1v) is 13.8. The molecular weight excluding hydrogens is 340 g/mol. The standard InChI is InChI=1S/C26H30Si/c1-17(2)23-16-26(22-11-6-5-10-21(22)23)27(3,4)25-13-12-20-14-18-8-7-9-19(18)15-24(20)25/h5-6,10-17,25-26H,7-9H2,1-4H3. The highest BCUT2D eigenvalue weighted by Crippen LogP contribution is 2.50. The van der Waals surface area contributed by atoms with Crippen molar-refractivity contribution in [1.29, 1.82) is 0 Å². The van der Waals surface area contributed by atoms with E-state index in [0.717, 1.165) is 0 Å². The van der Waals surface area contributed by atoms with E-state index >= 15 is 0 Å². The second-order valence-corrected chi connectivity index (χ2v) is 14.5. The third kappa shape index (κ3) is 2.55. The molecule has 0 spiro atoms. The van der Waals surface area contributed by atoms with E-state index in [2.05, 4.69) is 81.6 Å². The molecule has 0 saturated heterocycles. The molecule has 3 aliphatic rings. The van der Waals surface area contributed by atoms with E-state index < -0.39 is 8.07 Å². The SMILES string of the molecule is CC(C)C1=CC([Si](C)(C)C2C=Cc3cc4c(cc32)CCC4)c2ccccc21. The first kappa shape index (κ1) is 17.2. The topological polar surface area (TPSA) is 0 Å². The van der Waals surface area contributed by atoms with Crippen LogP contribution in [0.15, 0.2) is 48.6 Å². The van der Waals surface area contributed by atoms with E-state index in [-0.39, 0.29) is 0 Å². The molecule has 2 aromatic carbocycles. The van der Waals surface area contributed by atoms with Crippen LogP contribution in [0.3, 0.4) is 0 Å². The predicted molar refractivity (Wildman–Crippen MR) is 120 cm³/mol. The molecule has 5 rings (SSSR count). The van der Waals surface area contributed by atoms with E-state index in [1.807, 2.05) is 0 Å². The van der Waals surface area contributed by atoms with Crippen LogP contribution in [0.4, 0.5) is 0 Å². The number of allylic oxidation sites excluding steroid dienone is 3. The lowest BCUT2D eigenvalue weighted by atomic mass is 9.97. The number of fused-ring (bicyclic) bond motifs is 3. The summed E-state index contributed by atoms with van der Waals surface area (Å²) in [4.78, 5) is 0. The summed E-state index contributed by atoms with van der Waals surface area (Å²) in [5.74, 6) is 0.593. The zero-order valence-electron chi connectivity index (χ0n) is 17.0. The normalized spacial score (nSPS) is 22.8. The van der Waals surface area contributed by atoms with Gasteiger partial charge in [-0.3, -0.25) is 0 Å². The molecule has 0 N–H and O–H groups in total. The average Bonchev–Trinajstić information content (AvgIpc) is 3.35. The first-order valence-electron chi connectivity index (χ1n) is 10.6. The highest BCUT2D eigenvalue weighted by atomic mass is 28.3. The lowest BCUT2D eigenvalue weighted by Gasteiger charge is -2.35. The Hall–Kier alpha value is -1.86. The summed E-state index contributed by atoms with van der Waals surface area (Å²) in [5.41, 5.74) is 12.2. The van der Waals surface area contributed by atoms with Crippen LogP contribution < -0.4 is 0 Å². The molecule has 0 nitrogen and oxygen atoms in total. The summed E-state index contributed by atoms with van der Waals surface area (Å²) < 4.78 is 0. The summed E-state index contributed by atoms with van der Waals surface area (Å²) in [5, 5.41) is 0. The summed E-state index contributed by atoms with van der Waals surface area (Å²) in [7, 11) is -1.62. The fourth-order valence-corrected chi connectivity index (χ4v) is 9.42. The molecule has 138 valence electrons. The number of hydrogen-bond donors (Lipinski definition) is 0. The minimum Gasteiger partial charge on any atom is -0.0791 e. The maximum atomic E-state index is 2.64. The van der Waals surface area contributed by atoms with Crippen molar-refractivity contribution >= 4 is 19.7 Å². The van der Waals surface area contributed by atoms with Gasteiger partial charge in [-0.1, -0.05) is 81.6 Å². The fraction of sp³-hybridized carbons (Fsp3) is 0.385. The van der Waals surface area contributed by atoms with Crippen LogP contribution in [0.25, 0.3) is 11.6 Å². The van der Waals surface area contributed by atoms with Crippen LogP contribution in [-0.2, 0) is 12.8 Å². The van der Waals surface area contributed by atoms with E-state index in [0.29, 0.717) is 17.0 Å². The van der Waals surface area contributed by atoms with Crippen molar-refractivity contribution in [2.45, 2.75) is 57.3 Å². The second kappa shape index (κ2) is 6.07. The van der Waals surface area contributed by atoms with Gasteiger partial charge in [0.05, 0.1) is 8.07 Å². The molecule has 0 bridgehead atoms. The molecule has 2 aromatic rings. The van der Waals surface area contributed by atoms with E-state index in [4.69, 9.17) is 0 Å². The third-order valence-electron chi connectivity index (χ3n) is 7.28. The van der Waals surface area contributed by atoms with Gasteiger partial charge in [0.2, 0.25) is 0 Å². The highest BCUT2D eigenvalue weighted by molar-refractivity contribution is 6.81. The van der Waals surface area contributed by atoms with E-state index in [1.54, 1.807) is 27.8 Å². The molecule has 0 radical (unpaired) electrons. The Kier molecular flexibility index (Phi) is 3.88. The Morgan fingerprint density at radius 1 is 0.926 bits per heavy atom. The van der Waals surface area contributed by atoms with Crippen molar-refractivity contribution in [3.63, 3.8) is 0 Å². The number of benzene rings is 2. The molecule has 3 aliphatic carbocycles. The van der Waals surface area contributed by atoms with Gasteiger partial charge in [-0.25, -0.2) is 0 Å². The third-order valence-corrected chi connectivity index (χ3v) is 11.5. The molecule has 1 heteroatoms. The van der Waals surface area contributed by atoms with Crippen LogP contribution in [0.1, 0.15) is 64.7 Å². The summed E-state index contributed by atoms with van der Waals surface area (Å²) in [6.45, 7) is 9.92. The lowest BCUT2D eigenvalue weighted by molar-refractivity contribution is 0.857. The number of hydrogen-bond acceptors (Lipinski definition) is 0. The van der Waals surface area contributed by atoms with Gasteiger partial charge in [-0.2, -0.15) is 0 Å². The average molecular weight is 371 g/mol. The first-order chi connectivity index (χ1) is 13.0. The van der Waals surface area contributed by atoms with Crippen molar-refractivity contribution in [3.05, 3.63) is 81.9 Å². The van der Waals surface area contributed by atoms with Crippen LogP contribution in [-0.4, -0.2) is 8.07 Å². The quantitative estimate of drug-likeness (QED) is 0.515. The van der Waals surface area contributed by atoms with Gasteiger partial charge in [0, 0.05) is 0 Å². The maximum absolute atomic E-state index is 2.64. The molecule has 0 saturated carbocycles. The molecule has 27 heavy (non-hydrogen) atoms. The van der Waals surface area contributed by atoms with E-state index in [9.17, 15) is 0 Å². The molecular formula is C26H30Si. The zero-order chi connectivity index (χ0) is 18.8. The van der Waals surface area contributed by atoms with Crippen molar-refractivity contribution < 1.29 is 0 Å². The Morgan fingerprint density at radius 3 is 2.44 bits per heavy atom. The minimum atomic E-state index is -1.62. The van der Waals surface area contributed by atoms with Gasteiger partial charge < -0.3 is 0 Å². The molecule has 2 unspecified atom stereocenters. The Morgan fingerprint density at radius 2 is 1.67 bits per heavy atom. The maximum Gasteiger partial charge on any atom is 0.0715 e. The highest BCUT2D eigenvalue weighted by Gasteiger charge is 2.44. The minimum absolute atomic E-state index is 0.593. The molecule has 0 aromatic heterocycles. The summed E-state index contributed by atoms with van der Waals surface area (Å²) in [6.07, 6.45) is 11.5. The Balaban J connectivity index is 1.59.